The molecule has 0 unspecified atom stereocenters. The molecular formula is C13H10Br2N2O2S. The molecule has 1 heterocycles. The molecule has 4 nitrogen and oxygen atoms in total. The van der Waals surface area contributed by atoms with Crippen LogP contribution in [0.1, 0.15) is 20.8 Å². The van der Waals surface area contributed by atoms with Crippen LogP contribution in [0.15, 0.2) is 37.6 Å². The molecule has 1 aromatic heterocycles. The molecule has 0 saturated carbocycles. The number of aromatic hydroxyl groups is 1. The van der Waals surface area contributed by atoms with E-state index < -0.39 is 0 Å². The maximum atomic E-state index is 11.8. The third-order valence-electron chi connectivity index (χ3n) is 2.46. The Morgan fingerprint density at radius 3 is 2.80 bits per heavy atom. The van der Waals surface area contributed by atoms with Gasteiger partial charge >= 0.3 is 0 Å². The number of phenols is 1. The summed E-state index contributed by atoms with van der Waals surface area (Å²) in [6.07, 6.45) is 1.41. The number of carbonyl (C=O) groups excluding carboxylic acids is 1. The van der Waals surface area contributed by atoms with E-state index in [1.807, 2.05) is 0 Å². The van der Waals surface area contributed by atoms with Gasteiger partial charge in [-0.05, 0) is 52.7 Å². The Labute approximate surface area is 136 Å². The van der Waals surface area contributed by atoms with E-state index in [-0.39, 0.29) is 11.7 Å². The fourth-order valence-corrected chi connectivity index (χ4v) is 3.38. The smallest absolute Gasteiger partial charge is 0.281 e. The molecule has 0 spiro atoms. The van der Waals surface area contributed by atoms with E-state index in [2.05, 4.69) is 42.4 Å². The lowest BCUT2D eigenvalue weighted by Crippen LogP contribution is -2.16. The summed E-state index contributed by atoms with van der Waals surface area (Å²) in [5.41, 5.74) is 3.68. The van der Waals surface area contributed by atoms with Crippen LogP contribution in [0, 0.1) is 6.92 Å². The summed E-state index contributed by atoms with van der Waals surface area (Å²) >= 11 is 7.96. The largest absolute Gasteiger partial charge is 0.507 e. The molecule has 20 heavy (non-hydrogen) atoms. The Balaban J connectivity index is 2.09. The van der Waals surface area contributed by atoms with Crippen molar-refractivity contribution in [2.45, 2.75) is 6.92 Å². The molecule has 1 aromatic carbocycles. The van der Waals surface area contributed by atoms with Gasteiger partial charge in [0.05, 0.1) is 14.9 Å². The first kappa shape index (κ1) is 15.2. The molecule has 0 aliphatic heterocycles. The van der Waals surface area contributed by atoms with Gasteiger partial charge in [-0.2, -0.15) is 5.10 Å². The maximum Gasteiger partial charge on any atom is 0.281 e. The van der Waals surface area contributed by atoms with Gasteiger partial charge in [-0.3, -0.25) is 4.79 Å². The Kier molecular flexibility index (Phi) is 4.95. The van der Waals surface area contributed by atoms with Crippen LogP contribution in [0.3, 0.4) is 0 Å². The van der Waals surface area contributed by atoms with Crippen LogP contribution in [0.2, 0.25) is 0 Å². The summed E-state index contributed by atoms with van der Waals surface area (Å²) in [5, 5.41) is 13.7. The minimum absolute atomic E-state index is 0.144. The fourth-order valence-electron chi connectivity index (χ4n) is 1.51. The van der Waals surface area contributed by atoms with Crippen molar-refractivity contribution in [1.82, 2.24) is 5.43 Å². The summed E-state index contributed by atoms with van der Waals surface area (Å²) in [4.78, 5) is 12.3. The van der Waals surface area contributed by atoms with Crippen molar-refractivity contribution >= 4 is 55.3 Å². The molecule has 1 amide bonds. The number of benzene rings is 1. The van der Waals surface area contributed by atoms with Crippen molar-refractivity contribution in [3.63, 3.8) is 0 Å². The average Bonchev–Trinajstić information content (AvgIpc) is 2.81. The van der Waals surface area contributed by atoms with Crippen molar-refractivity contribution in [1.29, 1.82) is 0 Å². The monoisotopic (exact) mass is 416 g/mol. The van der Waals surface area contributed by atoms with Gasteiger partial charge in [-0.15, -0.1) is 11.3 Å². The fraction of sp³-hybridized carbons (Fsp3) is 0.0769. The molecule has 2 rings (SSSR count). The summed E-state index contributed by atoms with van der Waals surface area (Å²) < 4.78 is 1.72. The summed E-state index contributed by atoms with van der Waals surface area (Å²) in [6, 6.07) is 7.03. The Morgan fingerprint density at radius 2 is 2.15 bits per heavy atom. The molecule has 0 aliphatic rings. The lowest BCUT2D eigenvalue weighted by Gasteiger charge is -2.03. The second kappa shape index (κ2) is 6.51. The van der Waals surface area contributed by atoms with Crippen LogP contribution in [0.5, 0.6) is 5.75 Å². The number of hydrazone groups is 1. The molecular weight excluding hydrogens is 408 g/mol. The molecule has 104 valence electrons. The third-order valence-corrected chi connectivity index (χ3v) is 4.54. The SMILES string of the molecule is Cc1cc(Br)cc(/C=N/NC(=O)c2ccc(Br)s2)c1O. The molecule has 0 atom stereocenters. The number of nitrogens with one attached hydrogen (secondary N) is 1. The number of nitrogens with zero attached hydrogens (tertiary/aromatic N) is 1. The highest BCUT2D eigenvalue weighted by Gasteiger charge is 2.07. The number of carbonyl (C=O) groups is 1. The van der Waals surface area contributed by atoms with E-state index in [0.717, 1.165) is 13.8 Å². The Morgan fingerprint density at radius 1 is 1.40 bits per heavy atom. The van der Waals surface area contributed by atoms with Crippen LogP contribution in [-0.4, -0.2) is 17.2 Å². The standard InChI is InChI=1S/C13H10Br2N2O2S/c1-7-4-9(14)5-8(12(7)18)6-16-17-13(19)10-2-3-11(15)20-10/h2-6,18H,1H3,(H,17,19)/b16-6+. The van der Waals surface area contributed by atoms with Crippen LogP contribution in [0.4, 0.5) is 0 Å². The summed E-state index contributed by atoms with van der Waals surface area (Å²) in [6.45, 7) is 1.79. The van der Waals surface area contributed by atoms with Crippen molar-refractivity contribution < 1.29 is 9.90 Å². The van der Waals surface area contributed by atoms with E-state index in [1.165, 1.54) is 17.6 Å². The van der Waals surface area contributed by atoms with Crippen LogP contribution >= 0.6 is 43.2 Å². The normalized spacial score (nSPS) is 10.9. The highest BCUT2D eigenvalue weighted by Crippen LogP contribution is 2.25. The lowest BCUT2D eigenvalue weighted by molar-refractivity contribution is 0.0959. The molecule has 2 aromatic rings. The Hall–Kier alpha value is -1.18. The van der Waals surface area contributed by atoms with E-state index in [9.17, 15) is 9.90 Å². The summed E-state index contributed by atoms with van der Waals surface area (Å²) in [5.74, 6) is -0.145. The molecule has 0 radical (unpaired) electrons. The van der Waals surface area contributed by atoms with E-state index in [0.29, 0.717) is 10.4 Å². The zero-order chi connectivity index (χ0) is 14.7. The number of thiophene rings is 1. The molecule has 7 heteroatoms. The second-order valence-electron chi connectivity index (χ2n) is 3.96. The number of rotatable bonds is 3. The highest BCUT2D eigenvalue weighted by molar-refractivity contribution is 9.11. The van der Waals surface area contributed by atoms with Gasteiger partial charge in [-0.1, -0.05) is 15.9 Å². The van der Waals surface area contributed by atoms with Crippen molar-refractivity contribution in [2.24, 2.45) is 5.10 Å². The minimum Gasteiger partial charge on any atom is -0.507 e. The van der Waals surface area contributed by atoms with Gasteiger partial charge < -0.3 is 5.11 Å². The highest BCUT2D eigenvalue weighted by atomic mass is 79.9. The second-order valence-corrected chi connectivity index (χ2v) is 7.34. The van der Waals surface area contributed by atoms with Gasteiger partial charge in [0.1, 0.15) is 5.75 Å². The third kappa shape index (κ3) is 3.68. The number of hydrogen-bond donors (Lipinski definition) is 2. The van der Waals surface area contributed by atoms with Gasteiger partial charge in [-0.25, -0.2) is 5.43 Å². The van der Waals surface area contributed by atoms with E-state index >= 15 is 0 Å². The summed E-state index contributed by atoms with van der Waals surface area (Å²) in [7, 11) is 0. The van der Waals surface area contributed by atoms with E-state index in [4.69, 9.17) is 0 Å². The first-order valence-corrected chi connectivity index (χ1v) is 7.95. The first-order chi connectivity index (χ1) is 9.47. The Bertz CT molecular complexity index is 683. The molecule has 2 N–H and O–H groups in total. The van der Waals surface area contributed by atoms with Crippen LogP contribution < -0.4 is 5.43 Å². The van der Waals surface area contributed by atoms with Crippen molar-refractivity contribution in [3.05, 3.63) is 48.5 Å². The zero-order valence-corrected chi connectivity index (χ0v) is 14.3. The predicted octanol–water partition coefficient (Wildman–Crippen LogP) is 4.05. The minimum atomic E-state index is -0.289. The quantitative estimate of drug-likeness (QED) is 0.584. The molecule has 0 saturated heterocycles. The topological polar surface area (TPSA) is 61.7 Å². The number of hydrogen-bond acceptors (Lipinski definition) is 4. The van der Waals surface area contributed by atoms with Gasteiger partial charge in [0.15, 0.2) is 0 Å². The molecule has 0 fully saturated rings. The maximum absolute atomic E-state index is 11.8. The first-order valence-electron chi connectivity index (χ1n) is 5.55. The van der Waals surface area contributed by atoms with Crippen LogP contribution in [-0.2, 0) is 0 Å². The van der Waals surface area contributed by atoms with E-state index in [1.54, 1.807) is 31.2 Å². The number of aryl methyl sites for hydroxylation is 1. The number of halogens is 2. The predicted molar refractivity (Wildman–Crippen MR) is 87.6 cm³/mol. The average molecular weight is 418 g/mol. The van der Waals surface area contributed by atoms with Crippen molar-refractivity contribution in [2.75, 3.05) is 0 Å². The molecule has 0 aliphatic carbocycles. The van der Waals surface area contributed by atoms with Gasteiger partial charge in [0.25, 0.3) is 5.91 Å². The lowest BCUT2D eigenvalue weighted by atomic mass is 10.1. The number of phenolic OH excluding ortho intramolecular Hbond substituents is 1. The zero-order valence-electron chi connectivity index (χ0n) is 10.4. The molecule has 0 bridgehead atoms. The van der Waals surface area contributed by atoms with Crippen LogP contribution in [0.25, 0.3) is 0 Å². The van der Waals surface area contributed by atoms with Gasteiger partial charge in [0, 0.05) is 10.0 Å². The number of amides is 1. The van der Waals surface area contributed by atoms with Gasteiger partial charge in [0.2, 0.25) is 0 Å². The van der Waals surface area contributed by atoms with Crippen molar-refractivity contribution in [3.8, 4) is 5.75 Å².